The molecule has 26 heavy (non-hydrogen) atoms. The molecule has 2 saturated heterocycles. The van der Waals surface area contributed by atoms with E-state index in [0.717, 1.165) is 25.1 Å². The molecule has 2 fully saturated rings. The van der Waals surface area contributed by atoms with E-state index in [1.54, 1.807) is 24.3 Å². The Morgan fingerprint density at radius 3 is 2.46 bits per heavy atom. The predicted octanol–water partition coefficient (Wildman–Crippen LogP) is 3.27. The van der Waals surface area contributed by atoms with Gasteiger partial charge in [0.25, 0.3) is 5.91 Å². The number of carbonyl (C=O) groups is 2. The van der Waals surface area contributed by atoms with Gasteiger partial charge in [0, 0.05) is 36.3 Å². The average Bonchev–Trinajstić information content (AvgIpc) is 3.03. The first kappa shape index (κ1) is 19.4. The topological polar surface area (TPSA) is 49.9 Å². The molecule has 0 aliphatic carbocycles. The van der Waals surface area contributed by atoms with E-state index in [0.29, 0.717) is 23.9 Å². The van der Waals surface area contributed by atoms with Crippen LogP contribution in [0, 0.1) is 5.92 Å². The van der Waals surface area contributed by atoms with Gasteiger partial charge in [-0.2, -0.15) is 0 Å². The molecule has 0 radical (unpaired) electrons. The van der Waals surface area contributed by atoms with E-state index in [-0.39, 0.29) is 29.2 Å². The zero-order chi connectivity index (χ0) is 18.7. The minimum absolute atomic E-state index is 0.0120. The van der Waals surface area contributed by atoms with Crippen LogP contribution in [0.25, 0.3) is 0 Å². The lowest BCUT2D eigenvalue weighted by molar-refractivity contribution is -0.140. The maximum Gasteiger partial charge on any atom is 0.260 e. The summed E-state index contributed by atoms with van der Waals surface area (Å²) >= 11 is 7.72. The predicted molar refractivity (Wildman–Crippen MR) is 105 cm³/mol. The molecule has 0 unspecified atom stereocenters. The summed E-state index contributed by atoms with van der Waals surface area (Å²) < 4.78 is 5.56. The molecule has 142 valence electrons. The molecule has 1 aromatic rings. The van der Waals surface area contributed by atoms with Crippen molar-refractivity contribution in [1.29, 1.82) is 0 Å². The highest BCUT2D eigenvalue weighted by atomic mass is 35.5. The van der Waals surface area contributed by atoms with Crippen LogP contribution in [-0.4, -0.2) is 58.5 Å². The molecule has 0 bridgehead atoms. The van der Waals surface area contributed by atoms with E-state index in [4.69, 9.17) is 16.3 Å². The molecule has 2 amide bonds. The lowest BCUT2D eigenvalue weighted by Gasteiger charge is -2.44. The van der Waals surface area contributed by atoms with E-state index in [1.807, 2.05) is 35.4 Å². The number of thioether (sulfide) groups is 1. The SMILES string of the molecule is CC(C)C(=O)N1CCSC12CCN(C(=O)COc1ccc(Cl)cc1)CC2. The summed E-state index contributed by atoms with van der Waals surface area (Å²) in [6.45, 7) is 6.07. The van der Waals surface area contributed by atoms with Gasteiger partial charge in [0.15, 0.2) is 6.61 Å². The first-order chi connectivity index (χ1) is 12.4. The minimum atomic E-state index is -0.130. The number of hydrogen-bond donors (Lipinski definition) is 0. The van der Waals surface area contributed by atoms with Crippen molar-refractivity contribution in [3.63, 3.8) is 0 Å². The van der Waals surface area contributed by atoms with Crippen molar-refractivity contribution in [2.45, 2.75) is 31.6 Å². The van der Waals surface area contributed by atoms with E-state index in [1.165, 1.54) is 0 Å². The Labute approximate surface area is 164 Å². The lowest BCUT2D eigenvalue weighted by atomic mass is 10.0. The first-order valence-electron chi connectivity index (χ1n) is 9.03. The molecule has 2 aliphatic heterocycles. The van der Waals surface area contributed by atoms with Crippen molar-refractivity contribution in [2.75, 3.05) is 32.0 Å². The summed E-state index contributed by atoms with van der Waals surface area (Å²) in [5.41, 5.74) is 0. The Morgan fingerprint density at radius 2 is 1.85 bits per heavy atom. The van der Waals surface area contributed by atoms with Crippen LogP contribution in [0.3, 0.4) is 0 Å². The van der Waals surface area contributed by atoms with Gasteiger partial charge in [-0.05, 0) is 37.1 Å². The molecule has 2 aliphatic rings. The van der Waals surface area contributed by atoms with Crippen LogP contribution < -0.4 is 4.74 Å². The molecule has 7 heteroatoms. The van der Waals surface area contributed by atoms with E-state index in [9.17, 15) is 9.59 Å². The monoisotopic (exact) mass is 396 g/mol. The van der Waals surface area contributed by atoms with Gasteiger partial charge >= 0.3 is 0 Å². The van der Waals surface area contributed by atoms with Crippen molar-refractivity contribution >= 4 is 35.2 Å². The van der Waals surface area contributed by atoms with Gasteiger partial charge in [0.1, 0.15) is 5.75 Å². The number of halogens is 1. The van der Waals surface area contributed by atoms with Crippen molar-refractivity contribution in [3.8, 4) is 5.75 Å². The van der Waals surface area contributed by atoms with Crippen LogP contribution in [0.2, 0.25) is 5.02 Å². The normalized spacial score (nSPS) is 19.2. The second kappa shape index (κ2) is 8.09. The number of nitrogens with zero attached hydrogens (tertiary/aromatic N) is 2. The Morgan fingerprint density at radius 1 is 1.19 bits per heavy atom. The van der Waals surface area contributed by atoms with E-state index >= 15 is 0 Å². The second-order valence-electron chi connectivity index (χ2n) is 7.06. The number of carbonyl (C=O) groups excluding carboxylic acids is 2. The van der Waals surface area contributed by atoms with Gasteiger partial charge < -0.3 is 14.5 Å². The molecule has 2 heterocycles. The summed E-state index contributed by atoms with van der Waals surface area (Å²) in [5.74, 6) is 1.83. The lowest BCUT2D eigenvalue weighted by Crippen LogP contribution is -2.54. The van der Waals surface area contributed by atoms with Crippen molar-refractivity contribution in [1.82, 2.24) is 9.80 Å². The fourth-order valence-corrected chi connectivity index (χ4v) is 5.11. The number of ether oxygens (including phenoxy) is 1. The molecule has 0 saturated carbocycles. The zero-order valence-electron chi connectivity index (χ0n) is 15.2. The largest absolute Gasteiger partial charge is 0.484 e. The molecule has 1 aromatic carbocycles. The molecule has 0 atom stereocenters. The third-order valence-electron chi connectivity index (χ3n) is 5.01. The summed E-state index contributed by atoms with van der Waals surface area (Å²) in [5, 5.41) is 0.638. The number of benzene rings is 1. The quantitative estimate of drug-likeness (QED) is 0.783. The number of rotatable bonds is 4. The van der Waals surface area contributed by atoms with Gasteiger partial charge in [-0.1, -0.05) is 25.4 Å². The Kier molecular flexibility index (Phi) is 6.03. The summed E-state index contributed by atoms with van der Waals surface area (Å²) in [6.07, 6.45) is 1.64. The summed E-state index contributed by atoms with van der Waals surface area (Å²) in [4.78, 5) is 28.7. The van der Waals surface area contributed by atoms with Crippen LogP contribution in [0.5, 0.6) is 5.75 Å². The summed E-state index contributed by atoms with van der Waals surface area (Å²) in [6, 6.07) is 6.99. The molecule has 5 nitrogen and oxygen atoms in total. The highest BCUT2D eigenvalue weighted by Gasteiger charge is 2.47. The van der Waals surface area contributed by atoms with Gasteiger partial charge in [0.05, 0.1) is 4.87 Å². The van der Waals surface area contributed by atoms with Crippen LogP contribution in [0.4, 0.5) is 0 Å². The van der Waals surface area contributed by atoms with E-state index < -0.39 is 0 Å². The number of hydrogen-bond acceptors (Lipinski definition) is 4. The molecule has 3 rings (SSSR count). The van der Waals surface area contributed by atoms with Crippen molar-refractivity contribution in [3.05, 3.63) is 29.3 Å². The Bertz CT molecular complexity index is 657. The smallest absolute Gasteiger partial charge is 0.260 e. The first-order valence-corrected chi connectivity index (χ1v) is 10.4. The molecule has 1 spiro atoms. The summed E-state index contributed by atoms with van der Waals surface area (Å²) in [7, 11) is 0. The molecular formula is C19H25ClN2O3S. The standard InChI is InChI=1S/C19H25ClN2O3S/c1-14(2)18(24)22-11-12-26-19(22)7-9-21(10-8-19)17(23)13-25-16-5-3-15(20)4-6-16/h3-6,14H,7-13H2,1-2H3. The zero-order valence-corrected chi connectivity index (χ0v) is 16.8. The van der Waals surface area contributed by atoms with Crippen molar-refractivity contribution in [2.24, 2.45) is 5.92 Å². The third kappa shape index (κ3) is 4.12. The Hall–Kier alpha value is -1.40. The fraction of sp³-hybridized carbons (Fsp3) is 0.579. The number of piperidine rings is 1. The van der Waals surface area contributed by atoms with Gasteiger partial charge in [-0.15, -0.1) is 11.8 Å². The molecule has 0 aromatic heterocycles. The average molecular weight is 397 g/mol. The molecule has 0 N–H and O–H groups in total. The number of amides is 2. The second-order valence-corrected chi connectivity index (χ2v) is 8.96. The highest BCUT2D eigenvalue weighted by molar-refractivity contribution is 8.00. The number of likely N-dealkylation sites (tertiary alicyclic amines) is 1. The maximum absolute atomic E-state index is 12.5. The highest BCUT2D eigenvalue weighted by Crippen LogP contribution is 2.44. The van der Waals surface area contributed by atoms with Crippen LogP contribution in [-0.2, 0) is 9.59 Å². The van der Waals surface area contributed by atoms with Gasteiger partial charge in [-0.3, -0.25) is 9.59 Å². The van der Waals surface area contributed by atoms with Crippen LogP contribution >= 0.6 is 23.4 Å². The van der Waals surface area contributed by atoms with Gasteiger partial charge in [0.2, 0.25) is 5.91 Å². The van der Waals surface area contributed by atoms with Crippen LogP contribution in [0.15, 0.2) is 24.3 Å². The molecular weight excluding hydrogens is 372 g/mol. The maximum atomic E-state index is 12.5. The fourth-order valence-electron chi connectivity index (χ4n) is 3.52. The minimum Gasteiger partial charge on any atom is -0.484 e. The van der Waals surface area contributed by atoms with Crippen LogP contribution in [0.1, 0.15) is 26.7 Å². The van der Waals surface area contributed by atoms with Crippen molar-refractivity contribution < 1.29 is 14.3 Å². The Balaban J connectivity index is 1.53. The third-order valence-corrected chi connectivity index (χ3v) is 6.82. The van der Waals surface area contributed by atoms with Gasteiger partial charge in [-0.25, -0.2) is 0 Å². The van der Waals surface area contributed by atoms with E-state index in [2.05, 4.69) is 0 Å².